The summed E-state index contributed by atoms with van der Waals surface area (Å²) in [4.78, 5) is 72.1. The molecule has 6 rings (SSSR count). The van der Waals surface area contributed by atoms with Gasteiger partial charge in [-0.1, -0.05) is 41.8 Å². The third-order valence-corrected chi connectivity index (χ3v) is 12.3. The zero-order valence-corrected chi connectivity index (χ0v) is 35.0. The van der Waals surface area contributed by atoms with Gasteiger partial charge >= 0.3 is 27.3 Å². The summed E-state index contributed by atoms with van der Waals surface area (Å²) in [6.45, 7) is 2.09. The molecular formula is C35H47N9O14P2S. The Balaban J connectivity index is 1.22. The van der Waals surface area contributed by atoms with Crippen molar-refractivity contribution in [2.24, 2.45) is 11.7 Å². The number of aliphatic hydroxyl groups is 1. The molecule has 2 aliphatic heterocycles. The molecule has 0 spiro atoms. The normalized spacial score (nSPS) is 25.2. The molecule has 0 amide bonds. The highest BCUT2D eigenvalue weighted by molar-refractivity contribution is 7.96. The Morgan fingerprint density at radius 2 is 1.80 bits per heavy atom. The molecule has 2 saturated heterocycles. The molecule has 0 radical (unpaired) electrons. The number of anilines is 2. The van der Waals surface area contributed by atoms with E-state index in [1.165, 1.54) is 29.5 Å². The summed E-state index contributed by atoms with van der Waals surface area (Å²) in [5.41, 5.74) is 18.7. The Bertz CT molecular complexity index is 2340. The van der Waals surface area contributed by atoms with E-state index in [0.717, 1.165) is 21.5 Å². The van der Waals surface area contributed by atoms with Crippen molar-refractivity contribution in [1.82, 2.24) is 29.1 Å². The predicted octanol–water partition coefficient (Wildman–Crippen LogP) is 1.08. The minimum atomic E-state index is -5.18. The number of aromatic nitrogens is 6. The van der Waals surface area contributed by atoms with E-state index in [9.17, 15) is 38.5 Å². The number of thiol groups is 1. The van der Waals surface area contributed by atoms with Crippen molar-refractivity contribution in [2.45, 2.75) is 80.5 Å². The first-order valence-electron chi connectivity index (χ1n) is 18.7. The maximum Gasteiger partial charge on any atom is 0.472 e. The summed E-state index contributed by atoms with van der Waals surface area (Å²) in [6, 6.07) is 10.4. The predicted molar refractivity (Wildman–Crippen MR) is 220 cm³/mol. The molecule has 0 saturated carbocycles. The van der Waals surface area contributed by atoms with Gasteiger partial charge in [-0.25, -0.2) is 28.9 Å². The maximum atomic E-state index is 14.0. The number of nitrogens with two attached hydrogens (primary N) is 3. The first-order valence-corrected chi connectivity index (χ1v) is 22.9. The Labute approximate surface area is 351 Å². The summed E-state index contributed by atoms with van der Waals surface area (Å²) in [6.07, 6.45) is -3.83. The second-order valence-corrected chi connectivity index (χ2v) is 17.7. The number of rotatable bonds is 20. The van der Waals surface area contributed by atoms with Gasteiger partial charge in [-0.2, -0.15) is 16.3 Å². The Kier molecular flexibility index (Phi) is 15.4. The third kappa shape index (κ3) is 12.0. The van der Waals surface area contributed by atoms with Crippen LogP contribution in [-0.4, -0.2) is 110 Å². The van der Waals surface area contributed by atoms with Crippen LogP contribution in [0, 0.1) is 5.92 Å². The van der Waals surface area contributed by atoms with E-state index >= 15 is 0 Å². The van der Waals surface area contributed by atoms with Crippen LogP contribution in [0.5, 0.6) is 0 Å². The Morgan fingerprint density at radius 3 is 2.52 bits per heavy atom. The molecule has 4 aromatic rings. The molecule has 23 nitrogen and oxygen atoms in total. The minimum Gasteiger partial charge on any atom is -0.456 e. The number of nitrogens with zero attached hydrogens (tertiary/aromatic N) is 6. The zero-order valence-electron chi connectivity index (χ0n) is 32.3. The molecule has 332 valence electrons. The van der Waals surface area contributed by atoms with Crippen molar-refractivity contribution in [1.29, 1.82) is 0 Å². The number of allylic oxidation sites excluding steroid dienone is 1. The van der Waals surface area contributed by atoms with Crippen LogP contribution in [0.25, 0.3) is 11.2 Å². The van der Waals surface area contributed by atoms with E-state index in [0.29, 0.717) is 18.6 Å². The largest absolute Gasteiger partial charge is 0.472 e. The van der Waals surface area contributed by atoms with E-state index in [1.807, 2.05) is 35.7 Å². The van der Waals surface area contributed by atoms with Gasteiger partial charge in [0.1, 0.15) is 48.3 Å². The van der Waals surface area contributed by atoms with Gasteiger partial charge in [-0.15, -0.1) is 6.58 Å². The Morgan fingerprint density at radius 1 is 1.05 bits per heavy atom. The highest BCUT2D eigenvalue weighted by atomic mass is 32.1. The number of phosphoric acid groups is 2. The fourth-order valence-corrected chi connectivity index (χ4v) is 8.95. The number of nitrogen functional groups attached to an aromatic ring is 2. The van der Waals surface area contributed by atoms with E-state index < -0.39 is 95.5 Å². The van der Waals surface area contributed by atoms with Crippen molar-refractivity contribution in [3.05, 3.63) is 84.0 Å². The van der Waals surface area contributed by atoms with Crippen LogP contribution >= 0.6 is 27.0 Å². The quantitative estimate of drug-likeness (QED) is 0.0202. The molecule has 2 aliphatic rings. The van der Waals surface area contributed by atoms with Crippen LogP contribution in [-0.2, 0) is 47.5 Å². The number of benzene rings is 1. The molecule has 0 bridgehead atoms. The highest BCUT2D eigenvalue weighted by Crippen LogP contribution is 2.50. The number of fused-ring (bicyclic) bond motifs is 1. The fourth-order valence-electron chi connectivity index (χ4n) is 6.72. The lowest BCUT2D eigenvalue weighted by Gasteiger charge is -2.27. The van der Waals surface area contributed by atoms with Crippen LogP contribution in [0.1, 0.15) is 43.7 Å². The first kappa shape index (κ1) is 46.2. The van der Waals surface area contributed by atoms with E-state index in [-0.39, 0.29) is 35.6 Å². The van der Waals surface area contributed by atoms with Gasteiger partial charge in [0.15, 0.2) is 23.8 Å². The van der Waals surface area contributed by atoms with Gasteiger partial charge in [0, 0.05) is 24.4 Å². The standard InChI is InChI=1S/C35H47N9O14P2S/c1-2-3-9-22(36)21(11-13-61-17-20-7-5-4-6-8-20)34(46)57-30-25(56-33(29(30)45)44-19-41-28-31(38)39-18-40-32(28)44)16-54-60(51,52)58-23-14-27(43-12-10-26(37)42-35(43)47)55-24(23)15-53-59(48,49)50/h2,4-8,10,12-13,18-19,21-25,27,29-30,33,45,61H,1,3,9,11,14-17,36H2,(H,51,52)(H2,37,42,47)(H2,38,39,40)(H2,48,49,50)/t21?,22?,23-,24+,25-,27+,29+,30+,33+/m0/s1. The van der Waals surface area contributed by atoms with Crippen LogP contribution < -0.4 is 22.9 Å². The van der Waals surface area contributed by atoms with Gasteiger partial charge in [0.05, 0.1) is 25.5 Å². The van der Waals surface area contributed by atoms with Gasteiger partial charge < -0.3 is 51.2 Å². The number of hydrogen-bond acceptors (Lipinski definition) is 18. The van der Waals surface area contributed by atoms with Crippen molar-refractivity contribution >= 4 is 61.1 Å². The third-order valence-electron chi connectivity index (χ3n) is 9.77. The van der Waals surface area contributed by atoms with E-state index in [1.54, 1.807) is 6.08 Å². The van der Waals surface area contributed by atoms with Crippen LogP contribution in [0.4, 0.5) is 11.6 Å². The average Bonchev–Trinajstić information content (AvgIpc) is 3.90. The Hall–Kier alpha value is -4.26. The van der Waals surface area contributed by atoms with Crippen LogP contribution in [0.3, 0.4) is 0 Å². The van der Waals surface area contributed by atoms with Crippen molar-refractivity contribution < 1.29 is 61.5 Å². The molecular weight excluding hydrogens is 864 g/mol. The fraction of sp³-hybridized carbons (Fsp3) is 0.457. The van der Waals surface area contributed by atoms with Gasteiger partial charge in [0.25, 0.3) is 0 Å². The molecule has 26 heteroatoms. The highest BCUT2D eigenvalue weighted by Gasteiger charge is 2.50. The van der Waals surface area contributed by atoms with Gasteiger partial charge in [-0.3, -0.25) is 27.5 Å². The molecule has 10 atom stereocenters. The van der Waals surface area contributed by atoms with Crippen molar-refractivity contribution in [2.75, 3.05) is 24.7 Å². The SMILES string of the molecule is C=CCCC(N)C(CC=[SH]Cc1ccccc1)C(=O)O[C@H]1[C@@H](O)[C@H](n2cnc3c(N)ncnc32)O[C@H]1COP(=O)(O)O[C@H]1C[C@H](n2ccc(N)nc2=O)O[C@@H]1COP(=O)(O)O. The second kappa shape index (κ2) is 20.3. The van der Waals surface area contributed by atoms with Crippen LogP contribution in [0.15, 0.2) is 72.7 Å². The van der Waals surface area contributed by atoms with Crippen LogP contribution in [0.2, 0.25) is 0 Å². The smallest absolute Gasteiger partial charge is 0.456 e. The number of hydrogen-bond donors (Lipinski definition) is 8. The second-order valence-electron chi connectivity index (χ2n) is 14.0. The zero-order chi connectivity index (χ0) is 43.9. The molecule has 0 aliphatic carbocycles. The van der Waals surface area contributed by atoms with E-state index in [4.69, 9.17) is 40.5 Å². The number of carbonyl (C=O) groups is 1. The van der Waals surface area contributed by atoms with Gasteiger partial charge in [0.2, 0.25) is 0 Å². The summed E-state index contributed by atoms with van der Waals surface area (Å²) in [7, 11) is -10.2. The molecule has 1 aromatic carbocycles. The average molecular weight is 912 g/mol. The summed E-state index contributed by atoms with van der Waals surface area (Å²) >= 11 is 0.914. The number of esters is 1. The number of aliphatic hydroxyl groups excluding tert-OH is 1. The number of phosphoric ester groups is 2. The number of carbonyl (C=O) groups excluding carboxylic acids is 1. The molecule has 3 unspecified atom stereocenters. The summed E-state index contributed by atoms with van der Waals surface area (Å²) < 4.78 is 60.6. The lowest BCUT2D eigenvalue weighted by atomic mass is 9.94. The van der Waals surface area contributed by atoms with Gasteiger partial charge in [-0.05, 0) is 30.9 Å². The van der Waals surface area contributed by atoms with E-state index in [2.05, 4.69) is 31.0 Å². The number of imidazole rings is 1. The monoisotopic (exact) mass is 911 g/mol. The minimum absolute atomic E-state index is 0.0387. The first-order chi connectivity index (χ1) is 29.0. The molecule has 3 aromatic heterocycles. The number of ether oxygens (including phenoxy) is 3. The summed E-state index contributed by atoms with van der Waals surface area (Å²) in [5, 5.41) is 13.6. The maximum absolute atomic E-state index is 14.0. The lowest BCUT2D eigenvalue weighted by molar-refractivity contribution is -0.162. The summed E-state index contributed by atoms with van der Waals surface area (Å²) in [5.74, 6) is -1.01. The molecule has 5 heterocycles. The topological polar surface area (TPSA) is 344 Å². The lowest BCUT2D eigenvalue weighted by Crippen LogP contribution is -2.43. The van der Waals surface area contributed by atoms with Crippen molar-refractivity contribution in [3.63, 3.8) is 0 Å². The molecule has 2 fully saturated rings. The molecule has 61 heavy (non-hydrogen) atoms. The molecule has 10 N–H and O–H groups in total. The van der Waals surface area contributed by atoms with Crippen molar-refractivity contribution in [3.8, 4) is 0 Å².